The summed E-state index contributed by atoms with van der Waals surface area (Å²) in [6.07, 6.45) is 7.48. The van der Waals surface area contributed by atoms with Crippen LogP contribution in [0.5, 0.6) is 0 Å². The molecule has 26 heavy (non-hydrogen) atoms. The van der Waals surface area contributed by atoms with Crippen LogP contribution in [-0.4, -0.2) is 36.6 Å². The Morgan fingerprint density at radius 1 is 1.15 bits per heavy atom. The van der Waals surface area contributed by atoms with E-state index in [1.165, 1.54) is 0 Å². The van der Waals surface area contributed by atoms with Gasteiger partial charge in [0.25, 0.3) is 0 Å². The van der Waals surface area contributed by atoms with E-state index in [1.807, 2.05) is 60.0 Å². The number of amides is 2. The lowest BCUT2D eigenvalue weighted by molar-refractivity contribution is 0.159. The Kier molecular flexibility index (Phi) is 4.20. The summed E-state index contributed by atoms with van der Waals surface area (Å²) in [6.45, 7) is 5.96. The molecular formula is C19H22N6O. The maximum absolute atomic E-state index is 12.6. The first-order chi connectivity index (χ1) is 12.6. The number of aromatic nitrogens is 4. The second-order valence-electron chi connectivity index (χ2n) is 6.52. The molecule has 1 unspecified atom stereocenters. The van der Waals surface area contributed by atoms with E-state index in [2.05, 4.69) is 19.9 Å². The number of rotatable bonds is 3. The van der Waals surface area contributed by atoms with Crippen LogP contribution >= 0.6 is 0 Å². The van der Waals surface area contributed by atoms with Gasteiger partial charge < -0.3 is 19.4 Å². The molecule has 0 spiro atoms. The highest BCUT2D eigenvalue weighted by Gasteiger charge is 2.28. The van der Waals surface area contributed by atoms with E-state index in [0.29, 0.717) is 13.1 Å². The molecule has 1 aliphatic rings. The van der Waals surface area contributed by atoms with Crippen molar-refractivity contribution in [3.05, 3.63) is 66.3 Å². The number of benzene rings is 1. The zero-order chi connectivity index (χ0) is 18.1. The average molecular weight is 350 g/mol. The van der Waals surface area contributed by atoms with Crippen LogP contribution in [0.2, 0.25) is 0 Å². The third-order valence-corrected chi connectivity index (χ3v) is 4.92. The van der Waals surface area contributed by atoms with Gasteiger partial charge in [-0.05, 0) is 31.5 Å². The largest absolute Gasteiger partial charge is 0.334 e. The number of imidazole rings is 2. The number of carbonyl (C=O) groups is 1. The molecule has 4 rings (SSSR count). The van der Waals surface area contributed by atoms with Crippen molar-refractivity contribution in [1.29, 1.82) is 0 Å². The van der Waals surface area contributed by atoms with Gasteiger partial charge >= 0.3 is 6.03 Å². The molecule has 3 aromatic rings. The lowest BCUT2D eigenvalue weighted by atomic mass is 10.2. The zero-order valence-electron chi connectivity index (χ0n) is 15.0. The molecule has 0 saturated carbocycles. The van der Waals surface area contributed by atoms with Crippen LogP contribution in [0, 0.1) is 6.92 Å². The van der Waals surface area contributed by atoms with Crippen LogP contribution < -0.4 is 5.32 Å². The third-order valence-electron chi connectivity index (χ3n) is 4.92. The third kappa shape index (κ3) is 2.96. The standard InChI is InChI=1S/C19H22N6O/c1-14-18-21-7-9-23(18)11-12-24(14)19(26)22-13-16-3-5-17(6-4-16)25-10-8-20-15(25)2/h3-10,14H,11-13H2,1-2H3,(H,22,26). The molecule has 0 bridgehead atoms. The van der Waals surface area contributed by atoms with Gasteiger partial charge in [0.2, 0.25) is 0 Å². The fourth-order valence-corrected chi connectivity index (χ4v) is 3.41. The lowest BCUT2D eigenvalue weighted by Crippen LogP contribution is -2.46. The second-order valence-corrected chi connectivity index (χ2v) is 6.52. The van der Waals surface area contributed by atoms with E-state index >= 15 is 0 Å². The molecule has 0 aliphatic carbocycles. The van der Waals surface area contributed by atoms with Gasteiger partial charge in [-0.25, -0.2) is 14.8 Å². The summed E-state index contributed by atoms with van der Waals surface area (Å²) in [6, 6.07) is 8.06. The van der Waals surface area contributed by atoms with Crippen molar-refractivity contribution < 1.29 is 4.79 Å². The molecule has 1 aromatic carbocycles. The summed E-state index contributed by atoms with van der Waals surface area (Å²) in [5.41, 5.74) is 2.12. The normalized spacial score (nSPS) is 16.4. The van der Waals surface area contributed by atoms with Gasteiger partial charge in [0.15, 0.2) is 0 Å². The number of fused-ring (bicyclic) bond motifs is 1. The van der Waals surface area contributed by atoms with Gasteiger partial charge in [-0.1, -0.05) is 12.1 Å². The minimum Gasteiger partial charge on any atom is -0.334 e. The van der Waals surface area contributed by atoms with Gasteiger partial charge in [-0.15, -0.1) is 0 Å². The molecule has 1 aliphatic heterocycles. The predicted molar refractivity (Wildman–Crippen MR) is 97.9 cm³/mol. The van der Waals surface area contributed by atoms with Crippen LogP contribution in [-0.2, 0) is 13.1 Å². The van der Waals surface area contributed by atoms with E-state index in [1.54, 1.807) is 12.4 Å². The SMILES string of the molecule is Cc1nccn1-c1ccc(CNC(=O)N2CCn3ccnc3C2C)cc1. The summed E-state index contributed by atoms with van der Waals surface area (Å²) in [7, 11) is 0. The Bertz CT molecular complexity index is 910. The number of hydrogen-bond donors (Lipinski definition) is 1. The Morgan fingerprint density at radius 3 is 2.65 bits per heavy atom. The van der Waals surface area contributed by atoms with Crippen molar-refractivity contribution in [2.45, 2.75) is 33.0 Å². The molecule has 0 radical (unpaired) electrons. The van der Waals surface area contributed by atoms with E-state index in [9.17, 15) is 4.79 Å². The summed E-state index contributed by atoms with van der Waals surface area (Å²) in [5.74, 6) is 1.88. The molecular weight excluding hydrogens is 328 g/mol. The number of nitrogens with one attached hydrogen (secondary N) is 1. The maximum Gasteiger partial charge on any atom is 0.318 e. The smallest absolute Gasteiger partial charge is 0.318 e. The molecule has 1 atom stereocenters. The number of aryl methyl sites for hydroxylation is 1. The molecule has 1 N–H and O–H groups in total. The molecule has 134 valence electrons. The highest BCUT2D eigenvalue weighted by Crippen LogP contribution is 2.23. The molecule has 2 amide bonds. The summed E-state index contributed by atoms with van der Waals surface area (Å²) in [4.78, 5) is 23.0. The Labute approximate surface area is 152 Å². The van der Waals surface area contributed by atoms with Crippen molar-refractivity contribution in [2.75, 3.05) is 6.54 Å². The Morgan fingerprint density at radius 2 is 1.92 bits per heavy atom. The zero-order valence-corrected chi connectivity index (χ0v) is 15.0. The highest BCUT2D eigenvalue weighted by atomic mass is 16.2. The topological polar surface area (TPSA) is 68.0 Å². The molecule has 2 aromatic heterocycles. The van der Waals surface area contributed by atoms with Crippen molar-refractivity contribution in [2.24, 2.45) is 0 Å². The van der Waals surface area contributed by atoms with Crippen molar-refractivity contribution in [1.82, 2.24) is 29.3 Å². The van der Waals surface area contributed by atoms with E-state index < -0.39 is 0 Å². The van der Waals surface area contributed by atoms with Gasteiger partial charge in [0, 0.05) is 50.1 Å². The maximum atomic E-state index is 12.6. The number of nitrogens with zero attached hydrogens (tertiary/aromatic N) is 5. The number of urea groups is 1. The second kappa shape index (κ2) is 6.67. The molecule has 7 nitrogen and oxygen atoms in total. The van der Waals surface area contributed by atoms with E-state index in [-0.39, 0.29) is 12.1 Å². The fraction of sp³-hybridized carbons (Fsp3) is 0.316. The van der Waals surface area contributed by atoms with Crippen LogP contribution in [0.25, 0.3) is 5.69 Å². The van der Waals surface area contributed by atoms with Gasteiger partial charge in [0.05, 0.1) is 6.04 Å². The summed E-state index contributed by atoms with van der Waals surface area (Å²) in [5, 5.41) is 3.02. The Balaban J connectivity index is 1.38. The molecule has 3 heterocycles. The van der Waals surface area contributed by atoms with Gasteiger partial charge in [-0.3, -0.25) is 0 Å². The minimum absolute atomic E-state index is 0.0228. The van der Waals surface area contributed by atoms with Crippen molar-refractivity contribution in [3.63, 3.8) is 0 Å². The van der Waals surface area contributed by atoms with Crippen LogP contribution in [0.4, 0.5) is 4.79 Å². The van der Waals surface area contributed by atoms with Crippen molar-refractivity contribution >= 4 is 6.03 Å². The number of hydrogen-bond acceptors (Lipinski definition) is 3. The molecule has 0 saturated heterocycles. The van der Waals surface area contributed by atoms with Gasteiger partial charge in [0.1, 0.15) is 11.6 Å². The monoisotopic (exact) mass is 350 g/mol. The highest BCUT2D eigenvalue weighted by molar-refractivity contribution is 5.74. The van der Waals surface area contributed by atoms with Crippen LogP contribution in [0.1, 0.15) is 30.2 Å². The van der Waals surface area contributed by atoms with Crippen LogP contribution in [0.15, 0.2) is 49.1 Å². The number of carbonyl (C=O) groups excluding carboxylic acids is 1. The minimum atomic E-state index is -0.0544. The quantitative estimate of drug-likeness (QED) is 0.790. The summed E-state index contributed by atoms with van der Waals surface area (Å²) >= 11 is 0. The first-order valence-corrected chi connectivity index (χ1v) is 8.78. The molecule has 7 heteroatoms. The fourth-order valence-electron chi connectivity index (χ4n) is 3.41. The lowest BCUT2D eigenvalue weighted by Gasteiger charge is -2.33. The average Bonchev–Trinajstić information content (AvgIpc) is 3.30. The predicted octanol–water partition coefficient (Wildman–Crippen LogP) is 2.66. The molecule has 0 fully saturated rings. The van der Waals surface area contributed by atoms with Crippen molar-refractivity contribution in [3.8, 4) is 5.69 Å². The van der Waals surface area contributed by atoms with E-state index in [0.717, 1.165) is 29.4 Å². The van der Waals surface area contributed by atoms with Gasteiger partial charge in [-0.2, -0.15) is 0 Å². The van der Waals surface area contributed by atoms with Crippen LogP contribution in [0.3, 0.4) is 0 Å². The Hall–Kier alpha value is -3.09. The van der Waals surface area contributed by atoms with E-state index in [4.69, 9.17) is 0 Å². The first-order valence-electron chi connectivity index (χ1n) is 8.78. The first kappa shape index (κ1) is 16.4. The summed E-state index contributed by atoms with van der Waals surface area (Å²) < 4.78 is 4.13.